The quantitative estimate of drug-likeness (QED) is 0.220. The number of rotatable bonds is 4. The Balaban J connectivity index is 1.70. The Labute approximate surface area is 238 Å². The van der Waals surface area contributed by atoms with E-state index in [1.807, 2.05) is 0 Å². The van der Waals surface area contributed by atoms with Crippen molar-refractivity contribution < 1.29 is 44.3 Å². The Bertz CT molecular complexity index is 1770. The van der Waals surface area contributed by atoms with Crippen LogP contribution in [0.4, 0.5) is 39.5 Å². The Hall–Kier alpha value is -4.29. The lowest BCUT2D eigenvalue weighted by Crippen LogP contribution is -2.36. The van der Waals surface area contributed by atoms with E-state index in [2.05, 4.69) is 0 Å². The third-order valence-corrected chi connectivity index (χ3v) is 7.30. The molecule has 0 unspecified atom stereocenters. The van der Waals surface area contributed by atoms with Crippen LogP contribution in [0.15, 0.2) is 65.5 Å². The molecule has 1 aromatic heterocycles. The van der Waals surface area contributed by atoms with Gasteiger partial charge in [-0.2, -0.15) is 39.5 Å². The van der Waals surface area contributed by atoms with Crippen LogP contribution < -0.4 is 5.56 Å². The summed E-state index contributed by atoms with van der Waals surface area (Å²) in [6.07, 6.45) is -13.9. The second-order valence-electron chi connectivity index (χ2n) is 10.3. The van der Waals surface area contributed by atoms with Crippen molar-refractivity contribution in [3.8, 4) is 11.1 Å². The van der Waals surface area contributed by atoms with Crippen LogP contribution in [0.25, 0.3) is 22.0 Å². The molecule has 0 saturated carbocycles. The fourth-order valence-corrected chi connectivity index (χ4v) is 5.43. The van der Waals surface area contributed by atoms with Crippen molar-refractivity contribution in [1.82, 2.24) is 9.47 Å². The number of pyridine rings is 1. The Morgan fingerprint density at radius 2 is 1.42 bits per heavy atom. The van der Waals surface area contributed by atoms with E-state index in [0.29, 0.717) is 35.9 Å². The third-order valence-electron chi connectivity index (χ3n) is 7.30. The van der Waals surface area contributed by atoms with Crippen molar-refractivity contribution in [3.63, 3.8) is 0 Å². The lowest BCUT2D eigenvalue weighted by Gasteiger charge is -2.25. The van der Waals surface area contributed by atoms with Gasteiger partial charge in [0.2, 0.25) is 0 Å². The van der Waals surface area contributed by atoms with Crippen LogP contribution in [0.1, 0.15) is 44.6 Å². The Morgan fingerprint density at radius 1 is 0.814 bits per heavy atom. The van der Waals surface area contributed by atoms with Crippen molar-refractivity contribution in [1.29, 1.82) is 0 Å². The maximum Gasteiger partial charge on any atom is 0.416 e. The largest absolute Gasteiger partial charge is 0.416 e. The first kappa shape index (κ1) is 30.2. The summed E-state index contributed by atoms with van der Waals surface area (Å²) in [5, 5.41) is 0.311. The van der Waals surface area contributed by atoms with Gasteiger partial charge < -0.3 is 9.47 Å². The molecule has 0 radical (unpaired) electrons. The lowest BCUT2D eigenvalue weighted by atomic mass is 9.90. The SMILES string of the molecule is CN(Cc1cc(C(F)(F)F)cc(C(F)(F)F)c1)C(=O)c1c(-c2cccc(C(F)(F)F)c2)c2cccc3c2n(c1=O)CCC3. The number of alkyl halides is 9. The number of halogens is 9. The zero-order chi connectivity index (χ0) is 31.5. The van der Waals surface area contributed by atoms with Crippen LogP contribution in [-0.4, -0.2) is 22.4 Å². The minimum atomic E-state index is -5.12. The monoisotopic (exact) mass is 612 g/mol. The number of carbonyl (C=O) groups is 1. The van der Waals surface area contributed by atoms with E-state index in [1.54, 1.807) is 18.2 Å². The molecule has 0 aliphatic carbocycles. The van der Waals surface area contributed by atoms with E-state index in [-0.39, 0.29) is 23.7 Å². The van der Waals surface area contributed by atoms with Gasteiger partial charge in [0.1, 0.15) is 5.56 Å². The fraction of sp³-hybridized carbons (Fsp3) is 0.267. The van der Waals surface area contributed by atoms with Crippen molar-refractivity contribution in [3.05, 3.63) is 104 Å². The van der Waals surface area contributed by atoms with Gasteiger partial charge in [-0.3, -0.25) is 9.59 Å². The number of aromatic nitrogens is 1. The molecular formula is C30H21F9N2O2. The second kappa shape index (κ2) is 10.5. The molecule has 0 N–H and O–H groups in total. The number of nitrogens with zero attached hydrogens (tertiary/aromatic N) is 2. The first-order valence-electron chi connectivity index (χ1n) is 12.9. The van der Waals surface area contributed by atoms with E-state index in [1.165, 1.54) is 10.6 Å². The van der Waals surface area contributed by atoms with Gasteiger partial charge in [-0.1, -0.05) is 30.3 Å². The molecule has 0 saturated heterocycles. The lowest BCUT2D eigenvalue weighted by molar-refractivity contribution is -0.143. The summed E-state index contributed by atoms with van der Waals surface area (Å²) in [4.78, 5) is 28.5. The van der Waals surface area contributed by atoms with Crippen LogP contribution in [0.2, 0.25) is 0 Å². The van der Waals surface area contributed by atoms with E-state index < -0.39 is 64.4 Å². The van der Waals surface area contributed by atoms with Gasteiger partial charge in [0.05, 0.1) is 22.2 Å². The summed E-state index contributed by atoms with van der Waals surface area (Å²) in [6.45, 7) is -0.562. The predicted molar refractivity (Wildman–Crippen MR) is 139 cm³/mol. The number of benzene rings is 3. The zero-order valence-corrected chi connectivity index (χ0v) is 22.2. The highest BCUT2D eigenvalue weighted by molar-refractivity contribution is 6.09. The Kier molecular flexibility index (Phi) is 7.34. The highest BCUT2D eigenvalue weighted by atomic mass is 19.4. The Morgan fingerprint density at radius 3 is 2.02 bits per heavy atom. The molecule has 13 heteroatoms. The predicted octanol–water partition coefficient (Wildman–Crippen LogP) is 7.94. The van der Waals surface area contributed by atoms with E-state index >= 15 is 0 Å². The fourth-order valence-electron chi connectivity index (χ4n) is 5.43. The zero-order valence-electron chi connectivity index (χ0n) is 22.2. The molecule has 0 spiro atoms. The van der Waals surface area contributed by atoms with Gasteiger partial charge in [0.25, 0.3) is 11.5 Å². The van der Waals surface area contributed by atoms with Crippen LogP contribution in [0, 0.1) is 0 Å². The molecule has 4 nitrogen and oxygen atoms in total. The minimum Gasteiger partial charge on any atom is -0.337 e. The first-order chi connectivity index (χ1) is 20.0. The third kappa shape index (κ3) is 5.72. The number of carbonyl (C=O) groups excluding carboxylic acids is 1. The molecule has 0 fully saturated rings. The van der Waals surface area contributed by atoms with Gasteiger partial charge in [-0.05, 0) is 59.9 Å². The molecule has 43 heavy (non-hydrogen) atoms. The molecule has 0 atom stereocenters. The number of para-hydroxylation sites is 1. The van der Waals surface area contributed by atoms with E-state index in [0.717, 1.165) is 35.7 Å². The molecule has 2 heterocycles. The van der Waals surface area contributed by atoms with Crippen molar-refractivity contribution >= 4 is 16.8 Å². The van der Waals surface area contributed by atoms with E-state index in [9.17, 15) is 49.1 Å². The van der Waals surface area contributed by atoms with Crippen molar-refractivity contribution in [2.75, 3.05) is 7.05 Å². The van der Waals surface area contributed by atoms with Gasteiger partial charge in [-0.15, -0.1) is 0 Å². The second-order valence-corrected chi connectivity index (χ2v) is 10.3. The van der Waals surface area contributed by atoms with Gasteiger partial charge in [0, 0.05) is 31.1 Å². The van der Waals surface area contributed by atoms with Gasteiger partial charge >= 0.3 is 18.5 Å². The van der Waals surface area contributed by atoms with Crippen LogP contribution >= 0.6 is 0 Å². The van der Waals surface area contributed by atoms with Crippen LogP contribution in [0.5, 0.6) is 0 Å². The maximum atomic E-state index is 13.9. The number of hydrogen-bond acceptors (Lipinski definition) is 2. The van der Waals surface area contributed by atoms with Crippen LogP contribution in [-0.2, 0) is 38.0 Å². The summed E-state index contributed by atoms with van der Waals surface area (Å²) in [7, 11) is 1.09. The molecule has 1 aliphatic rings. The van der Waals surface area contributed by atoms with Gasteiger partial charge in [0.15, 0.2) is 0 Å². The smallest absolute Gasteiger partial charge is 0.337 e. The normalized spacial score (nSPS) is 13.8. The molecular weight excluding hydrogens is 591 g/mol. The van der Waals surface area contributed by atoms with Crippen molar-refractivity contribution in [2.45, 2.75) is 44.5 Å². The molecule has 1 aliphatic heterocycles. The molecule has 3 aromatic carbocycles. The molecule has 4 aromatic rings. The summed E-state index contributed by atoms with van der Waals surface area (Å²) >= 11 is 0. The van der Waals surface area contributed by atoms with Gasteiger partial charge in [-0.25, -0.2) is 0 Å². The van der Waals surface area contributed by atoms with Crippen molar-refractivity contribution in [2.24, 2.45) is 0 Å². The first-order valence-corrected chi connectivity index (χ1v) is 12.9. The summed E-state index contributed by atoms with van der Waals surface area (Å²) < 4.78 is 123. The summed E-state index contributed by atoms with van der Waals surface area (Å²) in [6, 6.07) is 9.85. The number of amides is 1. The molecule has 5 rings (SSSR count). The summed E-state index contributed by atoms with van der Waals surface area (Å²) in [5.41, 5.74) is -5.11. The van der Waals surface area contributed by atoms with Crippen LogP contribution in [0.3, 0.4) is 0 Å². The molecule has 0 bridgehead atoms. The van der Waals surface area contributed by atoms with E-state index in [4.69, 9.17) is 0 Å². The highest BCUT2D eigenvalue weighted by Gasteiger charge is 2.37. The average molecular weight is 612 g/mol. The molecule has 1 amide bonds. The summed E-state index contributed by atoms with van der Waals surface area (Å²) in [5.74, 6) is -1.08. The maximum absolute atomic E-state index is 13.9. The number of aryl methyl sites for hydroxylation is 2. The molecule has 226 valence electrons. The average Bonchev–Trinajstić information content (AvgIpc) is 2.93. The standard InChI is InChI=1S/C30H21F9N2O2/c1-40(15-16-11-20(29(34,35)36)14-21(12-16)30(37,38)39)26(42)24-23(18-6-2-8-19(13-18)28(31,32)33)22-9-3-5-17-7-4-10-41(25(17)22)27(24)43/h2-3,5-6,8-9,11-14H,4,7,10,15H2,1H3. The topological polar surface area (TPSA) is 42.3 Å². The minimum absolute atomic E-state index is 0.0465. The number of hydrogen-bond donors (Lipinski definition) is 0. The highest BCUT2D eigenvalue weighted by Crippen LogP contribution is 2.39.